The third-order valence-electron chi connectivity index (χ3n) is 3.25. The zero-order valence-electron chi connectivity index (χ0n) is 8.20. The minimum Gasteiger partial charge on any atom is -0.480 e. The highest BCUT2D eigenvalue weighted by Gasteiger charge is 2.28. The molecule has 0 aliphatic heterocycles. The zero-order valence-corrected chi connectivity index (χ0v) is 8.20. The third-order valence-corrected chi connectivity index (χ3v) is 3.25. The van der Waals surface area contributed by atoms with Crippen LogP contribution in [0.25, 0.3) is 0 Å². The molecule has 0 aromatic rings. The van der Waals surface area contributed by atoms with Crippen LogP contribution in [0.4, 0.5) is 0 Å². The van der Waals surface area contributed by atoms with E-state index in [1.54, 1.807) is 0 Å². The SMILES string of the molecule is C[C@@H](C1CCCCC1)[C@H](N)C(=O)O. The molecule has 1 aliphatic rings. The standard InChI is InChI=1S/C10H19NO2/c1-7(9(11)10(12)13)8-5-3-2-4-6-8/h7-9H,2-6,11H2,1H3,(H,12,13)/t7-,9-/m0/s1. The van der Waals surface area contributed by atoms with Crippen molar-refractivity contribution in [1.82, 2.24) is 0 Å². The Morgan fingerprint density at radius 3 is 2.38 bits per heavy atom. The fourth-order valence-corrected chi connectivity index (χ4v) is 2.18. The summed E-state index contributed by atoms with van der Waals surface area (Å²) in [4.78, 5) is 10.7. The predicted molar refractivity (Wildman–Crippen MR) is 51.4 cm³/mol. The van der Waals surface area contributed by atoms with Gasteiger partial charge in [-0.25, -0.2) is 0 Å². The number of hydrogen-bond donors (Lipinski definition) is 2. The van der Waals surface area contributed by atoms with Crippen molar-refractivity contribution in [3.63, 3.8) is 0 Å². The van der Waals surface area contributed by atoms with E-state index >= 15 is 0 Å². The quantitative estimate of drug-likeness (QED) is 0.702. The highest BCUT2D eigenvalue weighted by molar-refractivity contribution is 5.73. The summed E-state index contributed by atoms with van der Waals surface area (Å²) >= 11 is 0. The Labute approximate surface area is 79.3 Å². The van der Waals surface area contributed by atoms with Gasteiger partial charge in [-0.05, 0) is 11.8 Å². The molecule has 0 amide bonds. The Kier molecular flexibility index (Phi) is 3.72. The van der Waals surface area contributed by atoms with Crippen LogP contribution in [0.3, 0.4) is 0 Å². The van der Waals surface area contributed by atoms with Gasteiger partial charge >= 0.3 is 5.97 Å². The molecule has 1 rings (SSSR count). The summed E-state index contributed by atoms with van der Waals surface area (Å²) in [5, 5.41) is 8.76. The Hall–Kier alpha value is -0.570. The molecule has 3 nitrogen and oxygen atoms in total. The van der Waals surface area contributed by atoms with Crippen molar-refractivity contribution in [2.45, 2.75) is 45.1 Å². The number of nitrogens with two attached hydrogens (primary N) is 1. The van der Waals surface area contributed by atoms with E-state index in [9.17, 15) is 4.79 Å². The van der Waals surface area contributed by atoms with Crippen molar-refractivity contribution in [1.29, 1.82) is 0 Å². The van der Waals surface area contributed by atoms with Crippen LogP contribution in [0.2, 0.25) is 0 Å². The van der Waals surface area contributed by atoms with Crippen LogP contribution in [0.5, 0.6) is 0 Å². The van der Waals surface area contributed by atoms with Crippen LogP contribution in [0.1, 0.15) is 39.0 Å². The van der Waals surface area contributed by atoms with E-state index in [4.69, 9.17) is 10.8 Å². The van der Waals surface area contributed by atoms with Crippen LogP contribution in [0.15, 0.2) is 0 Å². The third kappa shape index (κ3) is 2.69. The number of rotatable bonds is 3. The van der Waals surface area contributed by atoms with Crippen molar-refractivity contribution in [2.75, 3.05) is 0 Å². The van der Waals surface area contributed by atoms with Crippen LogP contribution in [-0.2, 0) is 4.79 Å². The Morgan fingerprint density at radius 2 is 1.92 bits per heavy atom. The molecule has 1 aliphatic carbocycles. The van der Waals surface area contributed by atoms with Gasteiger partial charge in [-0.3, -0.25) is 4.79 Å². The molecule has 0 aromatic heterocycles. The van der Waals surface area contributed by atoms with Gasteiger partial charge in [0.15, 0.2) is 0 Å². The highest BCUT2D eigenvalue weighted by atomic mass is 16.4. The molecule has 13 heavy (non-hydrogen) atoms. The molecule has 0 saturated heterocycles. The average Bonchev–Trinajstić information content (AvgIpc) is 2.17. The average molecular weight is 185 g/mol. The van der Waals surface area contributed by atoms with Gasteiger partial charge in [-0.2, -0.15) is 0 Å². The molecule has 0 heterocycles. The van der Waals surface area contributed by atoms with Gasteiger partial charge in [0.1, 0.15) is 6.04 Å². The molecule has 3 N–H and O–H groups in total. The summed E-state index contributed by atoms with van der Waals surface area (Å²) in [7, 11) is 0. The Morgan fingerprint density at radius 1 is 1.38 bits per heavy atom. The summed E-state index contributed by atoms with van der Waals surface area (Å²) < 4.78 is 0. The maximum absolute atomic E-state index is 10.7. The van der Waals surface area contributed by atoms with E-state index in [1.165, 1.54) is 19.3 Å². The monoisotopic (exact) mass is 185 g/mol. The van der Waals surface area contributed by atoms with Crippen molar-refractivity contribution in [3.05, 3.63) is 0 Å². The molecule has 3 heteroatoms. The molecular formula is C10H19NO2. The lowest BCUT2D eigenvalue weighted by Crippen LogP contribution is -2.40. The highest BCUT2D eigenvalue weighted by Crippen LogP contribution is 2.30. The number of carbonyl (C=O) groups is 1. The predicted octanol–water partition coefficient (Wildman–Crippen LogP) is 1.61. The molecule has 2 atom stereocenters. The summed E-state index contributed by atoms with van der Waals surface area (Å²) in [6.07, 6.45) is 6.08. The molecule has 0 unspecified atom stereocenters. The lowest BCUT2D eigenvalue weighted by atomic mass is 9.78. The van der Waals surface area contributed by atoms with Gasteiger partial charge in [0.25, 0.3) is 0 Å². The van der Waals surface area contributed by atoms with Gasteiger partial charge in [-0.15, -0.1) is 0 Å². The zero-order chi connectivity index (χ0) is 9.84. The number of carboxylic acid groups (broad SMARTS) is 1. The number of carboxylic acids is 1. The normalized spacial score (nSPS) is 23.8. The van der Waals surface area contributed by atoms with Gasteiger partial charge < -0.3 is 10.8 Å². The van der Waals surface area contributed by atoms with E-state index < -0.39 is 12.0 Å². The van der Waals surface area contributed by atoms with Crippen LogP contribution >= 0.6 is 0 Å². The van der Waals surface area contributed by atoms with Gasteiger partial charge in [0, 0.05) is 0 Å². The first-order valence-corrected chi connectivity index (χ1v) is 5.11. The fourth-order valence-electron chi connectivity index (χ4n) is 2.18. The Bertz CT molecular complexity index is 176. The summed E-state index contributed by atoms with van der Waals surface area (Å²) in [5.74, 6) is -0.212. The molecule has 76 valence electrons. The second-order valence-electron chi connectivity index (χ2n) is 4.12. The van der Waals surface area contributed by atoms with Gasteiger partial charge in [-0.1, -0.05) is 39.0 Å². The maximum Gasteiger partial charge on any atom is 0.320 e. The van der Waals surface area contributed by atoms with Crippen molar-refractivity contribution < 1.29 is 9.90 Å². The van der Waals surface area contributed by atoms with E-state index in [0.717, 1.165) is 12.8 Å². The lowest BCUT2D eigenvalue weighted by molar-refractivity contribution is -0.140. The molecule has 1 fully saturated rings. The first-order valence-electron chi connectivity index (χ1n) is 5.11. The second kappa shape index (κ2) is 4.61. The summed E-state index contributed by atoms with van der Waals surface area (Å²) in [6, 6.07) is -0.678. The van der Waals surface area contributed by atoms with Crippen LogP contribution in [-0.4, -0.2) is 17.1 Å². The van der Waals surface area contributed by atoms with Crippen molar-refractivity contribution >= 4 is 5.97 Å². The molecule has 0 radical (unpaired) electrons. The number of aliphatic carboxylic acids is 1. The van der Waals surface area contributed by atoms with E-state index in [-0.39, 0.29) is 5.92 Å². The largest absolute Gasteiger partial charge is 0.480 e. The Balaban J connectivity index is 2.44. The first kappa shape index (κ1) is 10.5. The molecule has 0 bridgehead atoms. The molecule has 0 spiro atoms. The minimum absolute atomic E-state index is 0.123. The fraction of sp³-hybridized carbons (Fsp3) is 0.900. The maximum atomic E-state index is 10.7. The topological polar surface area (TPSA) is 63.3 Å². The summed E-state index contributed by atoms with van der Waals surface area (Å²) in [6.45, 7) is 1.97. The smallest absolute Gasteiger partial charge is 0.320 e. The van der Waals surface area contributed by atoms with E-state index in [0.29, 0.717) is 5.92 Å². The van der Waals surface area contributed by atoms with Crippen molar-refractivity contribution in [3.8, 4) is 0 Å². The van der Waals surface area contributed by atoms with Crippen molar-refractivity contribution in [2.24, 2.45) is 17.6 Å². The minimum atomic E-state index is -0.863. The van der Waals surface area contributed by atoms with E-state index in [2.05, 4.69) is 0 Å². The lowest BCUT2D eigenvalue weighted by Gasteiger charge is -2.29. The van der Waals surface area contributed by atoms with Crippen LogP contribution in [0, 0.1) is 11.8 Å². The second-order valence-corrected chi connectivity index (χ2v) is 4.12. The van der Waals surface area contributed by atoms with Gasteiger partial charge in [0.2, 0.25) is 0 Å². The van der Waals surface area contributed by atoms with Crippen LogP contribution < -0.4 is 5.73 Å². The molecule has 1 saturated carbocycles. The number of hydrogen-bond acceptors (Lipinski definition) is 2. The summed E-state index contributed by atoms with van der Waals surface area (Å²) in [5.41, 5.74) is 5.59. The van der Waals surface area contributed by atoms with E-state index in [1.807, 2.05) is 6.92 Å². The van der Waals surface area contributed by atoms with Gasteiger partial charge in [0.05, 0.1) is 0 Å². The molecule has 0 aromatic carbocycles. The molecular weight excluding hydrogens is 166 g/mol. The first-order chi connectivity index (χ1) is 6.13.